The van der Waals surface area contributed by atoms with E-state index >= 15 is 0 Å². The SMILES string of the molecule is NC(=O)c1ccc(C(=O)c2c(O)c(O)n(-c3ccc(-c4ccon4)cc3)c2C2CCCCC2)cc1. The van der Waals surface area contributed by atoms with Gasteiger partial charge in [-0.1, -0.05) is 48.7 Å². The van der Waals surface area contributed by atoms with E-state index in [-0.39, 0.29) is 22.9 Å². The molecular formula is C27H25N3O5. The number of benzene rings is 2. The van der Waals surface area contributed by atoms with Gasteiger partial charge in [-0.25, -0.2) is 0 Å². The highest BCUT2D eigenvalue weighted by molar-refractivity contribution is 6.12. The minimum absolute atomic E-state index is 0.00499. The Hall–Kier alpha value is -4.33. The van der Waals surface area contributed by atoms with Crippen molar-refractivity contribution in [2.45, 2.75) is 38.0 Å². The third kappa shape index (κ3) is 4.07. The number of nitrogens with zero attached hydrogens (tertiary/aromatic N) is 2. The molecule has 0 bridgehead atoms. The quantitative estimate of drug-likeness (QED) is 0.342. The fraction of sp³-hybridized carbons (Fsp3) is 0.222. The van der Waals surface area contributed by atoms with Gasteiger partial charge in [0.15, 0.2) is 11.5 Å². The summed E-state index contributed by atoms with van der Waals surface area (Å²) >= 11 is 0. The Morgan fingerprint density at radius 3 is 2.17 bits per heavy atom. The number of aromatic hydroxyl groups is 2. The Balaban J connectivity index is 1.63. The summed E-state index contributed by atoms with van der Waals surface area (Å²) < 4.78 is 6.49. The molecule has 1 saturated carbocycles. The van der Waals surface area contributed by atoms with E-state index in [1.807, 2.05) is 24.3 Å². The van der Waals surface area contributed by atoms with Gasteiger partial charge in [-0.3, -0.25) is 14.2 Å². The number of aromatic nitrogens is 2. The molecule has 0 radical (unpaired) electrons. The fourth-order valence-electron chi connectivity index (χ4n) is 4.89. The summed E-state index contributed by atoms with van der Waals surface area (Å²) in [5.74, 6) is -1.85. The zero-order valence-electron chi connectivity index (χ0n) is 19.0. The predicted molar refractivity (Wildman–Crippen MR) is 129 cm³/mol. The van der Waals surface area contributed by atoms with Gasteiger partial charge in [0.05, 0.1) is 5.56 Å². The highest BCUT2D eigenvalue weighted by Crippen LogP contribution is 2.46. The molecule has 0 unspecified atom stereocenters. The molecule has 1 fully saturated rings. The van der Waals surface area contributed by atoms with Crippen molar-refractivity contribution in [3.63, 3.8) is 0 Å². The molecule has 8 heteroatoms. The van der Waals surface area contributed by atoms with Crippen molar-refractivity contribution in [2.24, 2.45) is 5.73 Å². The first-order valence-corrected chi connectivity index (χ1v) is 11.6. The number of carbonyl (C=O) groups is 2. The molecule has 2 heterocycles. The summed E-state index contributed by atoms with van der Waals surface area (Å²) in [6.45, 7) is 0. The zero-order valence-corrected chi connectivity index (χ0v) is 19.0. The number of amides is 1. The Morgan fingerprint density at radius 1 is 0.914 bits per heavy atom. The molecule has 1 aliphatic carbocycles. The summed E-state index contributed by atoms with van der Waals surface area (Å²) in [4.78, 5) is 25.0. The molecule has 4 aromatic rings. The molecule has 1 amide bonds. The van der Waals surface area contributed by atoms with Crippen LogP contribution < -0.4 is 5.73 Å². The average molecular weight is 472 g/mol. The Morgan fingerprint density at radius 2 is 1.57 bits per heavy atom. The monoisotopic (exact) mass is 471 g/mol. The van der Waals surface area contributed by atoms with Gasteiger partial charge in [0.2, 0.25) is 11.8 Å². The third-order valence-corrected chi connectivity index (χ3v) is 6.67. The third-order valence-electron chi connectivity index (χ3n) is 6.67. The van der Waals surface area contributed by atoms with E-state index in [1.54, 1.807) is 10.6 Å². The highest BCUT2D eigenvalue weighted by atomic mass is 16.5. The van der Waals surface area contributed by atoms with Crippen LogP contribution in [-0.2, 0) is 0 Å². The van der Waals surface area contributed by atoms with Crippen LogP contribution in [0.1, 0.15) is 70.0 Å². The maximum absolute atomic E-state index is 13.6. The van der Waals surface area contributed by atoms with E-state index in [0.717, 1.165) is 37.7 Å². The zero-order chi connectivity index (χ0) is 24.5. The summed E-state index contributed by atoms with van der Waals surface area (Å²) in [6, 6.07) is 15.0. The minimum Gasteiger partial charge on any atom is -0.503 e. The topological polar surface area (TPSA) is 132 Å². The molecule has 178 valence electrons. The van der Waals surface area contributed by atoms with E-state index < -0.39 is 17.4 Å². The van der Waals surface area contributed by atoms with E-state index in [9.17, 15) is 19.8 Å². The van der Waals surface area contributed by atoms with Crippen molar-refractivity contribution in [1.29, 1.82) is 0 Å². The van der Waals surface area contributed by atoms with Crippen molar-refractivity contribution in [3.05, 3.63) is 83.2 Å². The molecule has 0 saturated heterocycles. The predicted octanol–water partition coefficient (Wildman–Crippen LogP) is 4.92. The lowest BCUT2D eigenvalue weighted by Crippen LogP contribution is -2.15. The van der Waals surface area contributed by atoms with Crippen molar-refractivity contribution in [3.8, 4) is 28.6 Å². The van der Waals surface area contributed by atoms with Gasteiger partial charge in [-0.05, 0) is 37.1 Å². The molecule has 8 nitrogen and oxygen atoms in total. The van der Waals surface area contributed by atoms with Gasteiger partial charge in [0.25, 0.3) is 0 Å². The molecule has 5 rings (SSSR count). The van der Waals surface area contributed by atoms with Gasteiger partial charge in [0.1, 0.15) is 12.0 Å². The number of hydrogen-bond acceptors (Lipinski definition) is 6. The van der Waals surface area contributed by atoms with Gasteiger partial charge in [-0.2, -0.15) is 0 Å². The van der Waals surface area contributed by atoms with Crippen LogP contribution in [-0.4, -0.2) is 31.6 Å². The van der Waals surface area contributed by atoms with Crippen LogP contribution in [0.3, 0.4) is 0 Å². The second kappa shape index (κ2) is 9.13. The second-order valence-electron chi connectivity index (χ2n) is 8.81. The van der Waals surface area contributed by atoms with Gasteiger partial charge < -0.3 is 20.5 Å². The van der Waals surface area contributed by atoms with Crippen LogP contribution in [0.4, 0.5) is 0 Å². The lowest BCUT2D eigenvalue weighted by Gasteiger charge is -2.25. The number of rotatable bonds is 6. The van der Waals surface area contributed by atoms with Crippen LogP contribution in [0.5, 0.6) is 11.6 Å². The molecule has 0 atom stereocenters. The number of nitrogens with two attached hydrogens (primary N) is 1. The lowest BCUT2D eigenvalue weighted by atomic mass is 9.84. The summed E-state index contributed by atoms with van der Waals surface area (Å²) in [6.07, 6.45) is 6.31. The van der Waals surface area contributed by atoms with E-state index in [0.29, 0.717) is 22.6 Å². The van der Waals surface area contributed by atoms with E-state index in [2.05, 4.69) is 5.16 Å². The van der Waals surface area contributed by atoms with Crippen molar-refractivity contribution < 1.29 is 24.3 Å². The minimum atomic E-state index is -0.590. The Kier molecular flexibility index (Phi) is 5.86. The van der Waals surface area contributed by atoms with Crippen LogP contribution in [0.25, 0.3) is 16.9 Å². The fourth-order valence-corrected chi connectivity index (χ4v) is 4.89. The Labute approximate surface area is 201 Å². The van der Waals surface area contributed by atoms with Crippen molar-refractivity contribution in [2.75, 3.05) is 0 Å². The van der Waals surface area contributed by atoms with Crippen molar-refractivity contribution >= 4 is 11.7 Å². The lowest BCUT2D eigenvalue weighted by molar-refractivity contribution is 0.0996. The first-order valence-electron chi connectivity index (χ1n) is 11.6. The van der Waals surface area contributed by atoms with Gasteiger partial charge in [0, 0.05) is 40.1 Å². The van der Waals surface area contributed by atoms with Crippen LogP contribution in [0, 0.1) is 0 Å². The van der Waals surface area contributed by atoms with Gasteiger partial charge >= 0.3 is 0 Å². The molecule has 2 aromatic heterocycles. The van der Waals surface area contributed by atoms with Crippen molar-refractivity contribution in [1.82, 2.24) is 9.72 Å². The molecule has 1 aliphatic rings. The van der Waals surface area contributed by atoms with Crippen LogP contribution in [0.2, 0.25) is 0 Å². The van der Waals surface area contributed by atoms with E-state index in [4.69, 9.17) is 10.3 Å². The average Bonchev–Trinajstić information content (AvgIpc) is 3.52. The molecule has 4 N–H and O–H groups in total. The maximum Gasteiger partial charge on any atom is 0.248 e. The summed E-state index contributed by atoms with van der Waals surface area (Å²) in [7, 11) is 0. The smallest absolute Gasteiger partial charge is 0.248 e. The van der Waals surface area contributed by atoms with Gasteiger partial charge in [-0.15, -0.1) is 0 Å². The second-order valence-corrected chi connectivity index (χ2v) is 8.81. The molecule has 0 aliphatic heterocycles. The van der Waals surface area contributed by atoms with Crippen LogP contribution in [0.15, 0.2) is 65.4 Å². The molecule has 0 spiro atoms. The summed E-state index contributed by atoms with van der Waals surface area (Å²) in [5.41, 5.74) is 8.71. The number of primary amides is 1. The molecule has 35 heavy (non-hydrogen) atoms. The normalized spacial score (nSPS) is 14.2. The molecular weight excluding hydrogens is 446 g/mol. The first kappa shape index (κ1) is 22.5. The molecule has 2 aromatic carbocycles. The van der Waals surface area contributed by atoms with E-state index in [1.165, 1.54) is 30.5 Å². The first-order chi connectivity index (χ1) is 17.0. The standard InChI is InChI=1S/C27H25N3O5/c28-26(33)19-8-6-18(7-9-19)24(31)22-23(17-4-2-1-3-5-17)30(27(34)25(22)32)20-12-10-16(11-13-20)21-14-15-35-29-21/h6-15,17,32,34H,1-5H2,(H2,28,33). The number of carbonyl (C=O) groups excluding carboxylic acids is 2. The largest absolute Gasteiger partial charge is 0.503 e. The number of hydrogen-bond donors (Lipinski definition) is 3. The summed E-state index contributed by atoms with van der Waals surface area (Å²) in [5, 5.41) is 25.9. The Bertz CT molecular complexity index is 1360. The van der Waals surface area contributed by atoms with Crippen LogP contribution >= 0.6 is 0 Å². The highest BCUT2D eigenvalue weighted by Gasteiger charge is 2.33. The maximum atomic E-state index is 13.6. The number of ketones is 1.